The molecule has 0 saturated carbocycles. The van der Waals surface area contributed by atoms with E-state index in [2.05, 4.69) is 37.0 Å². The Balaban J connectivity index is 1.95. The lowest BCUT2D eigenvalue weighted by molar-refractivity contribution is -0.117. The first-order valence-corrected chi connectivity index (χ1v) is 7.31. The summed E-state index contributed by atoms with van der Waals surface area (Å²) < 4.78 is 1.78. The molecule has 1 aromatic heterocycles. The van der Waals surface area contributed by atoms with Crippen LogP contribution in [0.2, 0.25) is 0 Å². The van der Waals surface area contributed by atoms with E-state index in [1.54, 1.807) is 4.57 Å². The van der Waals surface area contributed by atoms with Crippen LogP contribution in [0, 0.1) is 13.8 Å². The van der Waals surface area contributed by atoms with Crippen molar-refractivity contribution in [3.05, 3.63) is 52.1 Å². The van der Waals surface area contributed by atoms with Gasteiger partial charge in [0.15, 0.2) is 5.78 Å². The van der Waals surface area contributed by atoms with E-state index < -0.39 is 0 Å². The van der Waals surface area contributed by atoms with Gasteiger partial charge in [-0.3, -0.25) is 9.59 Å². The number of carbonyl (C=O) groups is 2. The van der Waals surface area contributed by atoms with Crippen LogP contribution in [0.15, 0.2) is 18.2 Å². The third kappa shape index (κ3) is 2.52. The van der Waals surface area contributed by atoms with Gasteiger partial charge in [-0.1, -0.05) is 24.3 Å². The fourth-order valence-corrected chi connectivity index (χ4v) is 2.75. The molecule has 0 amide bonds. The van der Waals surface area contributed by atoms with Crippen molar-refractivity contribution >= 4 is 23.7 Å². The standard InChI is InChI=1S/C18H18N2O2/c1-11-4-5-13(8-12(11)2)6-7-17-19-15-9-14(21)10-16(22)18(15)20(17)3/h4-8H,9-10H2,1-3H3/b7-6+. The maximum Gasteiger partial charge on any atom is 0.188 e. The van der Waals surface area contributed by atoms with Crippen molar-refractivity contribution < 1.29 is 9.59 Å². The SMILES string of the molecule is Cc1ccc(/C=C/c2nc3c(n2C)C(=O)CC(=O)C3)cc1C. The van der Waals surface area contributed by atoms with Crippen LogP contribution in [0.3, 0.4) is 0 Å². The minimum absolute atomic E-state index is 0.00710. The number of hydrogen-bond donors (Lipinski definition) is 0. The van der Waals surface area contributed by atoms with Crippen molar-refractivity contribution in [3.63, 3.8) is 0 Å². The Labute approximate surface area is 129 Å². The van der Waals surface area contributed by atoms with E-state index in [0.29, 0.717) is 17.2 Å². The maximum atomic E-state index is 12.0. The van der Waals surface area contributed by atoms with E-state index in [4.69, 9.17) is 0 Å². The van der Waals surface area contributed by atoms with Crippen LogP contribution in [0.5, 0.6) is 0 Å². The summed E-state index contributed by atoms with van der Waals surface area (Å²) in [6.07, 6.45) is 4.12. The predicted molar refractivity (Wildman–Crippen MR) is 85.7 cm³/mol. The number of nitrogens with zero attached hydrogens (tertiary/aromatic N) is 2. The van der Waals surface area contributed by atoms with Crippen molar-refractivity contribution in [1.82, 2.24) is 9.55 Å². The zero-order valence-electron chi connectivity index (χ0n) is 13.0. The average molecular weight is 294 g/mol. The first kappa shape index (κ1) is 14.4. The Morgan fingerprint density at radius 2 is 1.86 bits per heavy atom. The number of aromatic nitrogens is 2. The molecule has 2 aromatic rings. The zero-order valence-corrected chi connectivity index (χ0v) is 13.0. The Morgan fingerprint density at radius 3 is 2.59 bits per heavy atom. The second-order valence-electron chi connectivity index (χ2n) is 5.82. The lowest BCUT2D eigenvalue weighted by Crippen LogP contribution is -2.21. The molecule has 0 saturated heterocycles. The number of rotatable bonds is 2. The van der Waals surface area contributed by atoms with Crippen molar-refractivity contribution in [2.75, 3.05) is 0 Å². The molecule has 1 aliphatic rings. The van der Waals surface area contributed by atoms with Gasteiger partial charge in [-0.15, -0.1) is 0 Å². The van der Waals surface area contributed by atoms with Gasteiger partial charge in [-0.2, -0.15) is 0 Å². The molecule has 0 fully saturated rings. The van der Waals surface area contributed by atoms with Crippen LogP contribution in [-0.2, 0) is 18.3 Å². The maximum absolute atomic E-state index is 12.0. The van der Waals surface area contributed by atoms with Crippen molar-refractivity contribution in [2.24, 2.45) is 7.05 Å². The van der Waals surface area contributed by atoms with E-state index in [-0.39, 0.29) is 24.4 Å². The summed E-state index contributed by atoms with van der Waals surface area (Å²) in [5.74, 6) is 0.513. The molecular weight excluding hydrogens is 276 g/mol. The van der Waals surface area contributed by atoms with E-state index in [1.807, 2.05) is 19.2 Å². The van der Waals surface area contributed by atoms with Gasteiger partial charge >= 0.3 is 0 Å². The van der Waals surface area contributed by atoms with Gasteiger partial charge in [0.05, 0.1) is 18.5 Å². The minimum Gasteiger partial charge on any atom is -0.325 e. The fourth-order valence-electron chi connectivity index (χ4n) is 2.75. The molecule has 112 valence electrons. The highest BCUT2D eigenvalue weighted by Gasteiger charge is 2.28. The first-order valence-electron chi connectivity index (χ1n) is 7.31. The number of benzene rings is 1. The van der Waals surface area contributed by atoms with Gasteiger partial charge in [0, 0.05) is 7.05 Å². The Hall–Kier alpha value is -2.49. The molecule has 1 aromatic carbocycles. The molecule has 0 radical (unpaired) electrons. The molecule has 0 aliphatic heterocycles. The summed E-state index contributed by atoms with van der Waals surface area (Å²) in [5.41, 5.74) is 4.75. The van der Waals surface area contributed by atoms with Crippen LogP contribution < -0.4 is 0 Å². The van der Waals surface area contributed by atoms with E-state index >= 15 is 0 Å². The highest BCUT2D eigenvalue weighted by atomic mass is 16.1. The summed E-state index contributed by atoms with van der Waals surface area (Å²) in [4.78, 5) is 27.9. The van der Waals surface area contributed by atoms with Crippen LogP contribution >= 0.6 is 0 Å². The van der Waals surface area contributed by atoms with Crippen molar-refractivity contribution in [3.8, 4) is 0 Å². The number of Topliss-reactive ketones (excluding diaryl/α,β-unsaturated/α-hetero) is 2. The Bertz CT molecular complexity index is 813. The monoisotopic (exact) mass is 294 g/mol. The molecular formula is C18H18N2O2. The molecule has 0 bridgehead atoms. The third-order valence-electron chi connectivity index (χ3n) is 4.14. The van der Waals surface area contributed by atoms with Gasteiger partial charge in [0.2, 0.25) is 0 Å². The predicted octanol–water partition coefficient (Wildman–Crippen LogP) is 2.91. The van der Waals surface area contributed by atoms with Gasteiger partial charge in [-0.05, 0) is 36.6 Å². The second kappa shape index (κ2) is 5.37. The molecule has 0 spiro atoms. The van der Waals surface area contributed by atoms with Gasteiger partial charge in [0.25, 0.3) is 0 Å². The van der Waals surface area contributed by atoms with Crippen molar-refractivity contribution in [1.29, 1.82) is 0 Å². The Morgan fingerprint density at radius 1 is 1.09 bits per heavy atom. The van der Waals surface area contributed by atoms with Crippen LogP contribution in [-0.4, -0.2) is 21.1 Å². The van der Waals surface area contributed by atoms with E-state index in [0.717, 1.165) is 5.56 Å². The molecule has 0 N–H and O–H groups in total. The van der Waals surface area contributed by atoms with Crippen molar-refractivity contribution in [2.45, 2.75) is 26.7 Å². The smallest absolute Gasteiger partial charge is 0.188 e. The fraction of sp³-hybridized carbons (Fsp3) is 0.278. The minimum atomic E-state index is -0.132. The molecule has 4 heteroatoms. The lowest BCUT2D eigenvalue weighted by Gasteiger charge is -2.09. The molecule has 0 atom stereocenters. The molecule has 3 rings (SSSR count). The quantitative estimate of drug-likeness (QED) is 0.800. The summed E-state index contributed by atoms with van der Waals surface area (Å²) in [5, 5.41) is 0. The van der Waals surface area contributed by atoms with E-state index in [1.165, 1.54) is 11.1 Å². The largest absolute Gasteiger partial charge is 0.325 e. The van der Waals surface area contributed by atoms with Crippen LogP contribution in [0.4, 0.5) is 0 Å². The zero-order chi connectivity index (χ0) is 15.9. The summed E-state index contributed by atoms with van der Waals surface area (Å²) in [6, 6.07) is 6.25. The number of imidazole rings is 1. The molecule has 1 heterocycles. The van der Waals surface area contributed by atoms with Gasteiger partial charge in [-0.25, -0.2) is 4.98 Å². The number of fused-ring (bicyclic) bond motifs is 1. The summed E-state index contributed by atoms with van der Waals surface area (Å²) in [7, 11) is 1.82. The molecule has 22 heavy (non-hydrogen) atoms. The van der Waals surface area contributed by atoms with Crippen LogP contribution in [0.1, 0.15) is 45.1 Å². The topological polar surface area (TPSA) is 52.0 Å². The van der Waals surface area contributed by atoms with Gasteiger partial charge < -0.3 is 4.57 Å². The molecule has 4 nitrogen and oxygen atoms in total. The summed E-state index contributed by atoms with van der Waals surface area (Å²) >= 11 is 0. The normalized spacial score (nSPS) is 14.7. The number of ketones is 2. The highest BCUT2D eigenvalue weighted by molar-refractivity contribution is 6.11. The third-order valence-corrected chi connectivity index (χ3v) is 4.14. The van der Waals surface area contributed by atoms with E-state index in [9.17, 15) is 9.59 Å². The van der Waals surface area contributed by atoms with Crippen LogP contribution in [0.25, 0.3) is 12.2 Å². The number of carbonyl (C=O) groups excluding carboxylic acids is 2. The first-order chi connectivity index (χ1) is 10.5. The molecule has 1 aliphatic carbocycles. The molecule has 0 unspecified atom stereocenters. The second-order valence-corrected chi connectivity index (χ2v) is 5.82. The summed E-state index contributed by atoms with van der Waals surface area (Å²) in [6.45, 7) is 4.16. The Kier molecular flexibility index (Phi) is 3.53. The average Bonchev–Trinajstić information content (AvgIpc) is 2.76. The lowest BCUT2D eigenvalue weighted by atomic mass is 9.99. The van der Waals surface area contributed by atoms with Gasteiger partial charge in [0.1, 0.15) is 17.3 Å². The highest BCUT2D eigenvalue weighted by Crippen LogP contribution is 2.21. The number of hydrogen-bond acceptors (Lipinski definition) is 3. The number of aryl methyl sites for hydroxylation is 2.